The molecular formula is C51H75N2O18S3+. The van der Waals surface area contributed by atoms with Crippen LogP contribution in [0.25, 0.3) is 0 Å². The Bertz CT molecular complexity index is 2630. The second kappa shape index (κ2) is 30.5. The third-order valence-electron chi connectivity index (χ3n) is 12.7. The topological polar surface area (TPSA) is 260 Å². The molecule has 2 aromatic carbocycles. The Labute approximate surface area is 437 Å². The summed E-state index contributed by atoms with van der Waals surface area (Å²) in [5.74, 6) is -1.37. The van der Waals surface area contributed by atoms with Crippen molar-refractivity contribution in [1.82, 2.24) is 0 Å². The van der Waals surface area contributed by atoms with Crippen molar-refractivity contribution in [2.75, 3.05) is 124 Å². The smallest absolute Gasteiger partial charge is 0.303 e. The molecule has 0 aliphatic carbocycles. The van der Waals surface area contributed by atoms with E-state index >= 15 is 0 Å². The van der Waals surface area contributed by atoms with Crippen LogP contribution in [0.2, 0.25) is 0 Å². The molecule has 23 heteroatoms. The molecule has 2 aliphatic rings. The number of hydrogen-bond donors (Lipinski definition) is 3. The molecule has 0 bridgehead atoms. The molecule has 0 saturated carbocycles. The minimum absolute atomic E-state index is 0.00497. The molecule has 2 atom stereocenters. The molecule has 2 aromatic rings. The third kappa shape index (κ3) is 18.8. The quantitative estimate of drug-likeness (QED) is 0.0228. The predicted molar refractivity (Wildman–Crippen MR) is 278 cm³/mol. The minimum Gasteiger partial charge on any atom is -0.481 e. The molecule has 3 N–H and O–H groups in total. The molecule has 2 aliphatic heterocycles. The Balaban J connectivity index is 1.56. The van der Waals surface area contributed by atoms with Crippen molar-refractivity contribution in [3.63, 3.8) is 0 Å². The summed E-state index contributed by atoms with van der Waals surface area (Å²) in [6.07, 6.45) is 15.5. The fraction of sp³-hybridized carbons (Fsp3) is 0.569. The highest BCUT2D eigenvalue weighted by atomic mass is 32.2. The van der Waals surface area contributed by atoms with Gasteiger partial charge in [0.15, 0.2) is 12.3 Å². The highest BCUT2D eigenvalue weighted by molar-refractivity contribution is 7.86. The second-order valence-corrected chi connectivity index (χ2v) is 22.6. The van der Waals surface area contributed by atoms with Gasteiger partial charge in [-0.25, -0.2) is 0 Å². The normalized spacial score (nSPS) is 18.8. The number of carbonyl (C=O) groups is 1. The number of hydrogen-bond acceptors (Lipinski definition) is 16. The maximum Gasteiger partial charge on any atom is 0.303 e. The van der Waals surface area contributed by atoms with Crippen LogP contribution >= 0.6 is 0 Å². The van der Waals surface area contributed by atoms with Gasteiger partial charge in [0.1, 0.15) is 6.61 Å². The van der Waals surface area contributed by atoms with E-state index in [1.165, 1.54) is 18.2 Å². The lowest BCUT2D eigenvalue weighted by molar-refractivity contribution is -0.441. The number of carboxylic acid groups (broad SMARTS) is 1. The zero-order chi connectivity index (χ0) is 54.3. The van der Waals surface area contributed by atoms with Crippen molar-refractivity contribution in [3.05, 3.63) is 95.8 Å². The number of benzene rings is 2. The van der Waals surface area contributed by atoms with Gasteiger partial charge in [-0.1, -0.05) is 36.8 Å². The van der Waals surface area contributed by atoms with Gasteiger partial charge in [0, 0.05) is 68.3 Å². The lowest BCUT2D eigenvalue weighted by Gasteiger charge is -2.30. The van der Waals surface area contributed by atoms with Gasteiger partial charge in [-0.2, -0.15) is 29.8 Å². The Morgan fingerprint density at radius 3 is 1.78 bits per heavy atom. The number of carboxylic acids is 1. The Morgan fingerprint density at radius 2 is 1.20 bits per heavy atom. The van der Waals surface area contributed by atoms with E-state index in [0.717, 1.165) is 24.1 Å². The number of rotatable bonds is 38. The Morgan fingerprint density at radius 1 is 0.635 bits per heavy atom. The third-order valence-corrected chi connectivity index (χ3v) is 15.6. The zero-order valence-corrected chi connectivity index (χ0v) is 45.6. The Hall–Kier alpha value is -4.21. The first-order valence-corrected chi connectivity index (χ1v) is 28.9. The van der Waals surface area contributed by atoms with Crippen LogP contribution in [-0.4, -0.2) is 175 Å². The summed E-state index contributed by atoms with van der Waals surface area (Å²) >= 11 is 0. The molecule has 4 rings (SSSR count). The number of unbranched alkanes of at least 4 members (excludes halogenated alkanes) is 2. The molecule has 20 nitrogen and oxygen atoms in total. The van der Waals surface area contributed by atoms with Gasteiger partial charge in [0.2, 0.25) is 5.69 Å². The van der Waals surface area contributed by atoms with E-state index in [9.17, 15) is 44.3 Å². The summed E-state index contributed by atoms with van der Waals surface area (Å²) in [7, 11) is -8.63. The van der Waals surface area contributed by atoms with Crippen LogP contribution in [0.15, 0.2) is 94.4 Å². The number of aliphatic carboxylic acids is 1. The number of nitrogens with zero attached hydrogens (tertiary/aromatic N) is 2. The van der Waals surface area contributed by atoms with Crippen molar-refractivity contribution in [1.29, 1.82) is 0 Å². The van der Waals surface area contributed by atoms with Crippen molar-refractivity contribution in [2.24, 2.45) is 0 Å². The van der Waals surface area contributed by atoms with Crippen molar-refractivity contribution in [2.45, 2.75) is 79.4 Å². The summed E-state index contributed by atoms with van der Waals surface area (Å²) in [6, 6.07) is 9.21. The molecule has 0 radical (unpaired) electrons. The maximum atomic E-state index is 13.0. The molecule has 0 spiro atoms. The van der Waals surface area contributed by atoms with Gasteiger partial charge in [-0.15, -0.1) is 0 Å². The average molecular weight is 1100 g/mol. The first-order valence-electron chi connectivity index (χ1n) is 24.5. The molecule has 2 heterocycles. The molecule has 414 valence electrons. The highest BCUT2D eigenvalue weighted by Gasteiger charge is 2.48. The van der Waals surface area contributed by atoms with Crippen LogP contribution in [-0.2, 0) is 83.3 Å². The SMILES string of the molecule is COCCOCCOCCOCCOCCOCCC1(C)C(=CC=CC=CC=CC2=[N+](CCOC)c3ccc(S(=O)(=O)O)cc3C2(C)CCCS(=O)(=O)O)N(CCCCCC(=O)O)c2ccc(S(=O)(=O)OC)cc21. The summed E-state index contributed by atoms with van der Waals surface area (Å²) in [4.78, 5) is 13.1. The van der Waals surface area contributed by atoms with E-state index in [0.29, 0.717) is 135 Å². The van der Waals surface area contributed by atoms with E-state index in [1.54, 1.807) is 44.6 Å². The van der Waals surface area contributed by atoms with Crippen molar-refractivity contribution >= 4 is 53.4 Å². The van der Waals surface area contributed by atoms with Gasteiger partial charge in [-0.05, 0) is 87.9 Å². The summed E-state index contributed by atoms with van der Waals surface area (Å²) in [5, 5.41) is 9.25. The fourth-order valence-corrected chi connectivity index (χ4v) is 10.6. The number of anilines is 1. The number of allylic oxidation sites excluding steroid dienone is 8. The number of ether oxygens (including phenoxy) is 7. The minimum atomic E-state index is -4.57. The number of fused-ring (bicyclic) bond motifs is 2. The van der Waals surface area contributed by atoms with E-state index in [4.69, 9.17) is 37.3 Å². The lowest BCUT2D eigenvalue weighted by Crippen LogP contribution is -2.32. The van der Waals surface area contributed by atoms with Crippen LogP contribution in [0.1, 0.15) is 69.9 Å². The average Bonchev–Trinajstić information content (AvgIpc) is 3.72. The monoisotopic (exact) mass is 1100 g/mol. The molecule has 2 unspecified atom stereocenters. The van der Waals surface area contributed by atoms with Gasteiger partial charge < -0.3 is 43.2 Å². The van der Waals surface area contributed by atoms with Gasteiger partial charge in [-0.3, -0.25) is 18.1 Å². The number of methoxy groups -OCH3 is 2. The molecule has 74 heavy (non-hydrogen) atoms. The van der Waals surface area contributed by atoms with Crippen LogP contribution in [0.5, 0.6) is 0 Å². The van der Waals surface area contributed by atoms with Gasteiger partial charge in [0.05, 0.1) is 94.1 Å². The van der Waals surface area contributed by atoms with E-state index in [-0.39, 0.29) is 29.1 Å². The van der Waals surface area contributed by atoms with Crippen LogP contribution in [0.4, 0.5) is 11.4 Å². The second-order valence-electron chi connectivity index (χ2n) is 17.9. The zero-order valence-electron chi connectivity index (χ0n) is 43.1. The highest BCUT2D eigenvalue weighted by Crippen LogP contribution is 2.51. The van der Waals surface area contributed by atoms with Crippen LogP contribution in [0, 0.1) is 0 Å². The lowest BCUT2D eigenvalue weighted by atomic mass is 9.76. The van der Waals surface area contributed by atoms with Gasteiger partial charge >= 0.3 is 5.97 Å². The molecule has 0 amide bonds. The van der Waals surface area contributed by atoms with E-state index in [1.807, 2.05) is 48.8 Å². The first-order chi connectivity index (χ1) is 35.2. The Kier molecular flexibility index (Phi) is 25.7. The van der Waals surface area contributed by atoms with E-state index < -0.39 is 52.9 Å². The van der Waals surface area contributed by atoms with Crippen LogP contribution in [0.3, 0.4) is 0 Å². The molecule has 0 fully saturated rings. The van der Waals surface area contributed by atoms with Crippen LogP contribution < -0.4 is 4.90 Å². The summed E-state index contributed by atoms with van der Waals surface area (Å²) < 4.78 is 139. The molecule has 0 aromatic heterocycles. The molecular weight excluding hydrogens is 1020 g/mol. The van der Waals surface area contributed by atoms with Gasteiger partial charge in [0.25, 0.3) is 30.4 Å². The van der Waals surface area contributed by atoms with Crippen molar-refractivity contribution in [3.8, 4) is 0 Å². The first kappa shape index (κ1) is 62.3. The maximum absolute atomic E-state index is 13.0. The van der Waals surface area contributed by atoms with E-state index in [2.05, 4.69) is 4.90 Å². The van der Waals surface area contributed by atoms with Crippen molar-refractivity contribution < 1.29 is 86.2 Å². The molecule has 0 saturated heterocycles. The standard InChI is InChI=1S/C51H74N2O18S3/c1-50(22-14-38-72(56,57)58)43-39-41(73(59,60)61)18-20-46(43)53(25-27-64-3)47(50)15-10-7-6-8-11-16-48-51(2,23-26-67-30-31-69-34-35-71-37-36-70-33-32-68-29-28-65-4)44-40-42(74(62,63)66-5)19-21-45(44)52(48)24-13-9-12-17-49(54)55/h6-8,10-11,15-16,18-21,39-40H,9,12-14,17,22-38H2,1-5H3,(H2-,54,55,56,57,58,59,60,61)/p+1. The largest absolute Gasteiger partial charge is 0.481 e. The predicted octanol–water partition coefficient (Wildman–Crippen LogP) is 6.03. The summed E-state index contributed by atoms with van der Waals surface area (Å²) in [5.41, 5.74) is 2.67. The fourth-order valence-electron chi connectivity index (χ4n) is 8.88. The summed E-state index contributed by atoms with van der Waals surface area (Å²) in [6.45, 7) is 9.64.